The number of imidazole rings is 1. The Morgan fingerprint density at radius 3 is 2.95 bits per heavy atom. The Labute approximate surface area is 126 Å². The van der Waals surface area contributed by atoms with Crippen LogP contribution in [-0.2, 0) is 11.3 Å². The van der Waals surface area contributed by atoms with Gasteiger partial charge in [-0.05, 0) is 12.8 Å². The molecule has 2 unspecified atom stereocenters. The zero-order valence-electron chi connectivity index (χ0n) is 13.1. The monoisotopic (exact) mass is 293 g/mol. The minimum absolute atomic E-state index is 0.0729. The number of aliphatic hydroxyl groups excluding tert-OH is 1. The minimum atomic E-state index is 0.0729. The van der Waals surface area contributed by atoms with Crippen LogP contribution in [0, 0.1) is 5.92 Å². The SMILES string of the molecule is CC(C)c1nccn1CCC(=O)NC1CCCCC1CO. The van der Waals surface area contributed by atoms with Crippen LogP contribution in [0.3, 0.4) is 0 Å². The zero-order chi connectivity index (χ0) is 15.2. The summed E-state index contributed by atoms with van der Waals surface area (Å²) < 4.78 is 2.05. The number of aliphatic hydroxyl groups is 1. The Hall–Kier alpha value is -1.36. The van der Waals surface area contributed by atoms with Gasteiger partial charge in [-0.25, -0.2) is 4.98 Å². The van der Waals surface area contributed by atoms with Gasteiger partial charge in [-0.2, -0.15) is 0 Å². The highest BCUT2D eigenvalue weighted by molar-refractivity contribution is 5.76. The van der Waals surface area contributed by atoms with E-state index in [0.717, 1.165) is 31.5 Å². The van der Waals surface area contributed by atoms with E-state index in [1.54, 1.807) is 6.20 Å². The fraction of sp³-hybridized carbons (Fsp3) is 0.750. The third-order valence-corrected chi connectivity index (χ3v) is 4.33. The molecule has 2 N–H and O–H groups in total. The van der Waals surface area contributed by atoms with Gasteiger partial charge in [0.25, 0.3) is 0 Å². The standard InChI is InChI=1S/C16H27N3O2/c1-12(2)16-17-8-10-19(16)9-7-15(21)18-14-6-4-3-5-13(14)11-20/h8,10,12-14,20H,3-7,9,11H2,1-2H3,(H,18,21). The van der Waals surface area contributed by atoms with Gasteiger partial charge >= 0.3 is 0 Å². The Morgan fingerprint density at radius 2 is 2.24 bits per heavy atom. The summed E-state index contributed by atoms with van der Waals surface area (Å²) in [6.45, 7) is 5.04. The van der Waals surface area contributed by atoms with Crippen molar-refractivity contribution in [3.63, 3.8) is 0 Å². The van der Waals surface area contributed by atoms with E-state index in [9.17, 15) is 9.90 Å². The van der Waals surface area contributed by atoms with Gasteiger partial charge in [0.1, 0.15) is 5.82 Å². The van der Waals surface area contributed by atoms with Crippen molar-refractivity contribution >= 4 is 5.91 Å². The van der Waals surface area contributed by atoms with Crippen LogP contribution in [0.15, 0.2) is 12.4 Å². The number of aromatic nitrogens is 2. The first-order valence-corrected chi connectivity index (χ1v) is 8.03. The van der Waals surface area contributed by atoms with E-state index in [-0.39, 0.29) is 24.5 Å². The third kappa shape index (κ3) is 4.30. The molecule has 1 amide bonds. The molecule has 0 bridgehead atoms. The second-order valence-electron chi connectivity index (χ2n) is 6.28. The van der Waals surface area contributed by atoms with Crippen molar-refractivity contribution in [2.75, 3.05) is 6.61 Å². The number of carbonyl (C=O) groups excluding carboxylic acids is 1. The van der Waals surface area contributed by atoms with Gasteiger partial charge in [-0.1, -0.05) is 26.7 Å². The number of hydrogen-bond donors (Lipinski definition) is 2. The molecular weight excluding hydrogens is 266 g/mol. The topological polar surface area (TPSA) is 67.2 Å². The number of aryl methyl sites for hydroxylation is 1. The number of nitrogens with zero attached hydrogens (tertiary/aromatic N) is 2. The molecular formula is C16H27N3O2. The molecule has 0 aliphatic heterocycles. The molecule has 0 saturated heterocycles. The predicted octanol–water partition coefficient (Wildman–Crippen LogP) is 2.06. The lowest BCUT2D eigenvalue weighted by molar-refractivity contribution is -0.122. The normalized spacial score (nSPS) is 22.5. The van der Waals surface area contributed by atoms with E-state index in [1.807, 2.05) is 6.20 Å². The fourth-order valence-electron chi connectivity index (χ4n) is 3.13. The molecule has 2 rings (SSSR count). The lowest BCUT2D eigenvalue weighted by atomic mass is 9.85. The summed E-state index contributed by atoms with van der Waals surface area (Å²) in [5.74, 6) is 1.68. The van der Waals surface area contributed by atoms with Gasteiger partial charge in [0.2, 0.25) is 5.91 Å². The molecule has 1 heterocycles. The maximum Gasteiger partial charge on any atom is 0.222 e. The van der Waals surface area contributed by atoms with Gasteiger partial charge in [0.05, 0.1) is 0 Å². The second kappa shape index (κ2) is 7.59. The van der Waals surface area contributed by atoms with Crippen LogP contribution in [0.1, 0.15) is 57.7 Å². The van der Waals surface area contributed by atoms with E-state index in [2.05, 4.69) is 28.7 Å². The Morgan fingerprint density at radius 1 is 1.48 bits per heavy atom. The Balaban J connectivity index is 1.83. The van der Waals surface area contributed by atoms with Crippen molar-refractivity contribution in [3.05, 3.63) is 18.2 Å². The van der Waals surface area contributed by atoms with Crippen molar-refractivity contribution in [1.82, 2.24) is 14.9 Å². The van der Waals surface area contributed by atoms with E-state index in [4.69, 9.17) is 0 Å². The Kier molecular flexibility index (Phi) is 5.79. The average Bonchev–Trinajstić information content (AvgIpc) is 2.94. The maximum absolute atomic E-state index is 12.1. The first kappa shape index (κ1) is 16.0. The minimum Gasteiger partial charge on any atom is -0.396 e. The molecule has 1 aliphatic carbocycles. The summed E-state index contributed by atoms with van der Waals surface area (Å²) >= 11 is 0. The number of amides is 1. The summed E-state index contributed by atoms with van der Waals surface area (Å²) in [5, 5.41) is 12.5. The van der Waals surface area contributed by atoms with Crippen molar-refractivity contribution in [1.29, 1.82) is 0 Å². The van der Waals surface area contributed by atoms with Gasteiger partial charge in [-0.15, -0.1) is 0 Å². The van der Waals surface area contributed by atoms with E-state index in [0.29, 0.717) is 18.9 Å². The molecule has 5 nitrogen and oxygen atoms in total. The van der Waals surface area contributed by atoms with Crippen LogP contribution in [0.4, 0.5) is 0 Å². The van der Waals surface area contributed by atoms with Crippen LogP contribution in [-0.4, -0.2) is 33.2 Å². The lowest BCUT2D eigenvalue weighted by Crippen LogP contribution is -2.43. The summed E-state index contributed by atoms with van der Waals surface area (Å²) in [6, 6.07) is 0.142. The molecule has 1 aliphatic rings. The van der Waals surface area contributed by atoms with Gasteiger partial charge < -0.3 is 15.0 Å². The van der Waals surface area contributed by atoms with E-state index in [1.165, 1.54) is 0 Å². The number of hydrogen-bond acceptors (Lipinski definition) is 3. The quantitative estimate of drug-likeness (QED) is 0.843. The summed E-state index contributed by atoms with van der Waals surface area (Å²) in [6.07, 6.45) is 8.48. The molecule has 118 valence electrons. The van der Waals surface area contributed by atoms with E-state index < -0.39 is 0 Å². The lowest BCUT2D eigenvalue weighted by Gasteiger charge is -2.30. The maximum atomic E-state index is 12.1. The molecule has 2 atom stereocenters. The molecule has 21 heavy (non-hydrogen) atoms. The summed E-state index contributed by atoms with van der Waals surface area (Å²) in [5.41, 5.74) is 0. The van der Waals surface area contributed by atoms with Crippen molar-refractivity contribution < 1.29 is 9.90 Å². The molecule has 1 aromatic rings. The first-order valence-electron chi connectivity index (χ1n) is 8.03. The smallest absolute Gasteiger partial charge is 0.222 e. The van der Waals surface area contributed by atoms with Gasteiger partial charge in [0.15, 0.2) is 0 Å². The highest BCUT2D eigenvalue weighted by Gasteiger charge is 2.25. The average molecular weight is 293 g/mol. The van der Waals surface area contributed by atoms with Crippen LogP contribution < -0.4 is 5.32 Å². The number of rotatable bonds is 6. The summed E-state index contributed by atoms with van der Waals surface area (Å²) in [4.78, 5) is 16.5. The van der Waals surface area contributed by atoms with Crippen LogP contribution in [0.5, 0.6) is 0 Å². The van der Waals surface area contributed by atoms with Crippen LogP contribution in [0.2, 0.25) is 0 Å². The fourth-order valence-corrected chi connectivity index (χ4v) is 3.13. The molecule has 0 spiro atoms. The zero-order valence-corrected chi connectivity index (χ0v) is 13.1. The highest BCUT2D eigenvalue weighted by Crippen LogP contribution is 2.24. The molecule has 5 heteroatoms. The molecule has 1 fully saturated rings. The molecule has 1 saturated carbocycles. The van der Waals surface area contributed by atoms with Gasteiger partial charge in [0, 0.05) is 49.8 Å². The van der Waals surface area contributed by atoms with Gasteiger partial charge in [-0.3, -0.25) is 4.79 Å². The van der Waals surface area contributed by atoms with Crippen LogP contribution >= 0.6 is 0 Å². The number of carbonyl (C=O) groups is 1. The van der Waals surface area contributed by atoms with Crippen LogP contribution in [0.25, 0.3) is 0 Å². The predicted molar refractivity (Wildman–Crippen MR) is 81.9 cm³/mol. The van der Waals surface area contributed by atoms with Crippen molar-refractivity contribution in [3.8, 4) is 0 Å². The molecule has 0 radical (unpaired) electrons. The number of nitrogens with one attached hydrogen (secondary N) is 1. The Bertz CT molecular complexity index is 456. The summed E-state index contributed by atoms with van der Waals surface area (Å²) in [7, 11) is 0. The van der Waals surface area contributed by atoms with Crippen molar-refractivity contribution in [2.45, 2.75) is 64.5 Å². The molecule has 1 aromatic heterocycles. The molecule has 0 aromatic carbocycles. The second-order valence-corrected chi connectivity index (χ2v) is 6.28. The largest absolute Gasteiger partial charge is 0.396 e. The third-order valence-electron chi connectivity index (χ3n) is 4.33. The first-order chi connectivity index (χ1) is 10.1. The van der Waals surface area contributed by atoms with E-state index >= 15 is 0 Å². The highest BCUT2D eigenvalue weighted by atomic mass is 16.3. The van der Waals surface area contributed by atoms with Crippen molar-refractivity contribution in [2.24, 2.45) is 5.92 Å².